The lowest BCUT2D eigenvalue weighted by Crippen LogP contribution is -2.26. The Bertz CT molecular complexity index is 919. The van der Waals surface area contributed by atoms with Crippen molar-refractivity contribution >= 4 is 17.3 Å². The number of benzene rings is 1. The molecule has 2 heterocycles. The molecule has 0 saturated heterocycles. The Kier molecular flexibility index (Phi) is 5.18. The van der Waals surface area contributed by atoms with Crippen molar-refractivity contribution in [1.29, 1.82) is 0 Å². The van der Waals surface area contributed by atoms with Gasteiger partial charge in [0.05, 0.1) is 6.20 Å². The van der Waals surface area contributed by atoms with Crippen LogP contribution in [0.2, 0.25) is 0 Å². The highest BCUT2D eigenvalue weighted by Gasteiger charge is 2.22. The Morgan fingerprint density at radius 3 is 2.58 bits per heavy atom. The van der Waals surface area contributed by atoms with Crippen molar-refractivity contribution < 1.29 is 4.92 Å². The predicted octanol–water partition coefficient (Wildman–Crippen LogP) is 3.69. The van der Waals surface area contributed by atoms with Crippen LogP contribution in [0.4, 0.5) is 11.6 Å². The Balaban J connectivity index is 1.85. The van der Waals surface area contributed by atoms with Crippen molar-refractivity contribution in [2.24, 2.45) is 0 Å². The minimum atomic E-state index is -0.402. The van der Waals surface area contributed by atoms with Crippen molar-refractivity contribution in [3.63, 3.8) is 0 Å². The average Bonchev–Trinajstić information content (AvgIpc) is 2.99. The van der Waals surface area contributed by atoms with Crippen LogP contribution < -0.4 is 5.32 Å². The maximum Gasteiger partial charge on any atom is 0.372 e. The summed E-state index contributed by atoms with van der Waals surface area (Å²) in [6.45, 7) is 5.61. The summed E-state index contributed by atoms with van der Waals surface area (Å²) in [5, 5.41) is 14.6. The number of pyridine rings is 1. The van der Waals surface area contributed by atoms with Gasteiger partial charge in [-0.1, -0.05) is 30.3 Å². The number of anilines is 1. The second-order valence-corrected chi connectivity index (χ2v) is 6.60. The number of nitrogens with zero attached hydrogens (tertiary/aromatic N) is 4. The number of imidazole rings is 1. The molecule has 0 atom stereocenters. The fourth-order valence-corrected chi connectivity index (χ4v) is 2.79. The molecule has 3 aromatic rings. The fraction of sp³-hybridized carbons (Fsp3) is 0.316. The zero-order valence-electron chi connectivity index (χ0n) is 15.2. The van der Waals surface area contributed by atoms with Crippen LogP contribution in [-0.2, 0) is 13.1 Å². The van der Waals surface area contributed by atoms with Crippen molar-refractivity contribution in [3.8, 4) is 0 Å². The summed E-state index contributed by atoms with van der Waals surface area (Å²) in [6, 6.07) is 13.9. The highest BCUT2D eigenvalue weighted by molar-refractivity contribution is 5.62. The van der Waals surface area contributed by atoms with E-state index in [4.69, 9.17) is 0 Å². The smallest absolute Gasteiger partial charge is 0.359 e. The first kappa shape index (κ1) is 17.9. The third-order valence-electron chi connectivity index (χ3n) is 4.54. The molecule has 1 N–H and O–H groups in total. The van der Waals surface area contributed by atoms with E-state index in [9.17, 15) is 10.1 Å². The summed E-state index contributed by atoms with van der Waals surface area (Å²) >= 11 is 0. The lowest BCUT2D eigenvalue weighted by Gasteiger charge is -2.22. The molecular weight excluding hydrogens is 330 g/mol. The van der Waals surface area contributed by atoms with Crippen LogP contribution >= 0.6 is 0 Å². The highest BCUT2D eigenvalue weighted by Crippen LogP contribution is 2.26. The zero-order chi connectivity index (χ0) is 18.7. The second-order valence-electron chi connectivity index (χ2n) is 6.60. The van der Waals surface area contributed by atoms with Crippen LogP contribution in [0.1, 0.15) is 25.0 Å². The van der Waals surface area contributed by atoms with Gasteiger partial charge >= 0.3 is 5.82 Å². The first-order chi connectivity index (χ1) is 12.5. The van der Waals surface area contributed by atoms with Crippen molar-refractivity contribution in [1.82, 2.24) is 14.3 Å². The Labute approximate surface area is 152 Å². The molecule has 0 aliphatic carbocycles. The molecule has 1 aromatic carbocycles. The monoisotopic (exact) mass is 353 g/mol. The molecule has 0 amide bonds. The van der Waals surface area contributed by atoms with Gasteiger partial charge in [0.1, 0.15) is 0 Å². The first-order valence-corrected chi connectivity index (χ1v) is 8.59. The molecule has 0 spiro atoms. The van der Waals surface area contributed by atoms with Gasteiger partial charge in [-0.2, -0.15) is 9.38 Å². The van der Waals surface area contributed by atoms with Crippen LogP contribution in [0.5, 0.6) is 0 Å². The molecular formula is C19H23N5O2. The summed E-state index contributed by atoms with van der Waals surface area (Å²) in [7, 11) is 2.09. The maximum absolute atomic E-state index is 11.5. The third-order valence-corrected chi connectivity index (χ3v) is 4.54. The molecule has 0 radical (unpaired) electrons. The van der Waals surface area contributed by atoms with Gasteiger partial charge in [-0.25, -0.2) is 0 Å². The van der Waals surface area contributed by atoms with Gasteiger partial charge in [0.2, 0.25) is 11.5 Å². The number of rotatable bonds is 7. The molecule has 7 nitrogen and oxygen atoms in total. The van der Waals surface area contributed by atoms with Gasteiger partial charge in [-0.15, -0.1) is 0 Å². The summed E-state index contributed by atoms with van der Waals surface area (Å²) in [4.78, 5) is 17.7. The zero-order valence-corrected chi connectivity index (χ0v) is 15.2. The number of hydrogen-bond donors (Lipinski definition) is 1. The summed E-state index contributed by atoms with van der Waals surface area (Å²) < 4.78 is 1.49. The molecule has 136 valence electrons. The van der Waals surface area contributed by atoms with Crippen LogP contribution in [0, 0.1) is 10.1 Å². The molecule has 0 bridgehead atoms. The van der Waals surface area contributed by atoms with Gasteiger partial charge in [0.25, 0.3) is 0 Å². The number of aromatic nitrogens is 2. The van der Waals surface area contributed by atoms with E-state index in [2.05, 4.69) is 42.2 Å². The van der Waals surface area contributed by atoms with E-state index < -0.39 is 4.92 Å². The largest absolute Gasteiger partial charge is 0.372 e. The normalized spacial score (nSPS) is 11.4. The lowest BCUT2D eigenvalue weighted by atomic mass is 10.1. The molecule has 7 heteroatoms. The van der Waals surface area contributed by atoms with Crippen molar-refractivity contribution in [2.75, 3.05) is 12.4 Å². The minimum Gasteiger partial charge on any atom is -0.359 e. The molecule has 2 aromatic heterocycles. The van der Waals surface area contributed by atoms with Crippen molar-refractivity contribution in [3.05, 3.63) is 69.9 Å². The fourth-order valence-electron chi connectivity index (χ4n) is 2.79. The molecule has 0 aliphatic rings. The van der Waals surface area contributed by atoms with E-state index in [1.54, 1.807) is 18.3 Å². The number of hydrogen-bond acceptors (Lipinski definition) is 5. The van der Waals surface area contributed by atoms with Crippen LogP contribution in [0.25, 0.3) is 5.65 Å². The van der Waals surface area contributed by atoms with E-state index in [-0.39, 0.29) is 11.6 Å². The molecule has 0 unspecified atom stereocenters. The quantitative estimate of drug-likeness (QED) is 0.518. The van der Waals surface area contributed by atoms with Gasteiger partial charge < -0.3 is 15.4 Å². The summed E-state index contributed by atoms with van der Waals surface area (Å²) in [5.41, 5.74) is 2.85. The minimum absolute atomic E-state index is 0.0441. The summed E-state index contributed by atoms with van der Waals surface area (Å²) in [5.74, 6) is 0.241. The Morgan fingerprint density at radius 1 is 1.19 bits per heavy atom. The first-order valence-electron chi connectivity index (χ1n) is 8.59. The van der Waals surface area contributed by atoms with E-state index in [0.717, 1.165) is 12.1 Å². The summed E-state index contributed by atoms with van der Waals surface area (Å²) in [6.07, 6.45) is 1.65. The maximum atomic E-state index is 11.5. The van der Waals surface area contributed by atoms with E-state index in [1.165, 1.54) is 9.96 Å². The molecule has 26 heavy (non-hydrogen) atoms. The third kappa shape index (κ3) is 3.67. The van der Waals surface area contributed by atoms with Gasteiger partial charge in [-0.05, 0) is 43.0 Å². The van der Waals surface area contributed by atoms with Crippen LogP contribution in [-0.4, -0.2) is 32.3 Å². The number of nitro groups is 1. The van der Waals surface area contributed by atoms with Gasteiger partial charge in [-0.3, -0.25) is 4.90 Å². The molecule has 0 fully saturated rings. The number of fused-ring (bicyclic) bond motifs is 1. The predicted molar refractivity (Wildman–Crippen MR) is 102 cm³/mol. The van der Waals surface area contributed by atoms with E-state index in [1.807, 2.05) is 24.3 Å². The Morgan fingerprint density at radius 2 is 1.88 bits per heavy atom. The average molecular weight is 353 g/mol. The highest BCUT2D eigenvalue weighted by atomic mass is 16.6. The second kappa shape index (κ2) is 7.53. The molecule has 0 saturated carbocycles. The van der Waals surface area contributed by atoms with Gasteiger partial charge in [0.15, 0.2) is 0 Å². The SMILES string of the molecule is CC(C)N(C)Cc1ccccc1CNc1nc2ccccn2c1[N+](=O)[O-]. The standard InChI is InChI=1S/C19H23N5O2/c1-14(2)22(3)13-16-9-5-4-8-15(16)12-20-18-19(24(25)26)23-11-7-6-10-17(23)21-18/h4-11,14,20H,12-13H2,1-3H3. The lowest BCUT2D eigenvalue weighted by molar-refractivity contribution is -0.389. The van der Waals surface area contributed by atoms with Crippen LogP contribution in [0.3, 0.4) is 0 Å². The topological polar surface area (TPSA) is 75.7 Å². The van der Waals surface area contributed by atoms with Crippen molar-refractivity contribution in [2.45, 2.75) is 33.0 Å². The number of nitrogens with one attached hydrogen (secondary N) is 1. The van der Waals surface area contributed by atoms with Crippen LogP contribution in [0.15, 0.2) is 48.7 Å². The molecule has 0 aliphatic heterocycles. The molecule has 3 rings (SSSR count). The van der Waals surface area contributed by atoms with E-state index >= 15 is 0 Å². The van der Waals surface area contributed by atoms with E-state index in [0.29, 0.717) is 18.2 Å². The Hall–Kier alpha value is -2.93. The van der Waals surface area contributed by atoms with Gasteiger partial charge in [0, 0.05) is 25.2 Å².